The third kappa shape index (κ3) is 2.50. The van der Waals surface area contributed by atoms with E-state index in [9.17, 15) is 15.0 Å². The molecular formula is C13H17NO4. The second kappa shape index (κ2) is 5.16. The topological polar surface area (TPSA) is 89.8 Å². The number of hydrogen-bond donors (Lipinski definition) is 4. The smallest absolute Gasteiger partial charge is 0.343 e. The van der Waals surface area contributed by atoms with Crippen molar-refractivity contribution in [3.63, 3.8) is 0 Å². The molecule has 0 aliphatic heterocycles. The SMILES string of the molecule is O=C(O)c1c(O)ccc(NC2CCCCC2)c1O. The second-order valence-electron chi connectivity index (χ2n) is 4.64. The fourth-order valence-electron chi connectivity index (χ4n) is 2.37. The molecule has 0 aromatic heterocycles. The largest absolute Gasteiger partial charge is 0.507 e. The Morgan fingerprint density at radius 1 is 1.17 bits per heavy atom. The van der Waals surface area contributed by atoms with Gasteiger partial charge >= 0.3 is 5.97 Å². The Kier molecular flexibility index (Phi) is 3.60. The van der Waals surface area contributed by atoms with Crippen molar-refractivity contribution in [3.8, 4) is 11.5 Å². The van der Waals surface area contributed by atoms with E-state index in [0.29, 0.717) is 5.69 Å². The fraction of sp³-hybridized carbons (Fsp3) is 0.462. The van der Waals surface area contributed by atoms with E-state index in [0.717, 1.165) is 25.7 Å². The highest BCUT2D eigenvalue weighted by Crippen LogP contribution is 2.35. The standard InChI is InChI=1S/C13H17NO4/c15-10-7-6-9(12(16)11(10)13(17)18)14-8-4-2-1-3-5-8/h6-8,14-16H,1-5H2,(H,17,18). The average Bonchev–Trinajstić information content (AvgIpc) is 2.34. The molecule has 5 nitrogen and oxygen atoms in total. The first-order valence-electron chi connectivity index (χ1n) is 6.14. The molecular weight excluding hydrogens is 234 g/mol. The van der Waals surface area contributed by atoms with Gasteiger partial charge in [-0.05, 0) is 25.0 Å². The number of carboxylic acids is 1. The zero-order valence-corrected chi connectivity index (χ0v) is 10.0. The lowest BCUT2D eigenvalue weighted by Crippen LogP contribution is -2.22. The molecule has 1 aromatic carbocycles. The summed E-state index contributed by atoms with van der Waals surface area (Å²) in [5.74, 6) is -2.15. The van der Waals surface area contributed by atoms with Gasteiger partial charge in [-0.15, -0.1) is 0 Å². The molecule has 98 valence electrons. The number of carbonyl (C=O) groups is 1. The zero-order chi connectivity index (χ0) is 13.1. The van der Waals surface area contributed by atoms with Crippen LogP contribution in [0.25, 0.3) is 0 Å². The maximum Gasteiger partial charge on any atom is 0.343 e. The first-order valence-corrected chi connectivity index (χ1v) is 6.14. The lowest BCUT2D eigenvalue weighted by atomic mass is 9.95. The van der Waals surface area contributed by atoms with E-state index in [2.05, 4.69) is 5.32 Å². The summed E-state index contributed by atoms with van der Waals surface area (Å²) in [6.45, 7) is 0. The van der Waals surface area contributed by atoms with Crippen LogP contribution in [0.3, 0.4) is 0 Å². The van der Waals surface area contributed by atoms with E-state index >= 15 is 0 Å². The Hall–Kier alpha value is -1.91. The molecule has 18 heavy (non-hydrogen) atoms. The van der Waals surface area contributed by atoms with Crippen molar-refractivity contribution in [2.45, 2.75) is 38.1 Å². The molecule has 0 bridgehead atoms. The first-order chi connectivity index (χ1) is 8.59. The molecule has 4 N–H and O–H groups in total. The van der Waals surface area contributed by atoms with Crippen LogP contribution in [0.4, 0.5) is 5.69 Å². The Morgan fingerprint density at radius 2 is 1.83 bits per heavy atom. The molecule has 1 aliphatic carbocycles. The van der Waals surface area contributed by atoms with Crippen molar-refractivity contribution < 1.29 is 20.1 Å². The number of aromatic hydroxyl groups is 2. The number of carboxylic acid groups (broad SMARTS) is 1. The monoisotopic (exact) mass is 251 g/mol. The first kappa shape index (κ1) is 12.5. The third-order valence-corrected chi connectivity index (χ3v) is 3.33. The molecule has 5 heteroatoms. The van der Waals surface area contributed by atoms with Crippen LogP contribution < -0.4 is 5.32 Å². The van der Waals surface area contributed by atoms with Gasteiger partial charge in [0.15, 0.2) is 5.75 Å². The predicted molar refractivity (Wildman–Crippen MR) is 67.2 cm³/mol. The molecule has 1 aliphatic rings. The lowest BCUT2D eigenvalue weighted by molar-refractivity contribution is 0.0690. The third-order valence-electron chi connectivity index (χ3n) is 3.33. The van der Waals surface area contributed by atoms with Gasteiger partial charge in [-0.2, -0.15) is 0 Å². The minimum absolute atomic E-state index is 0.260. The molecule has 0 saturated heterocycles. The molecule has 0 atom stereocenters. The van der Waals surface area contributed by atoms with Crippen LogP contribution in [0.15, 0.2) is 12.1 Å². The van der Waals surface area contributed by atoms with Crippen molar-refractivity contribution in [2.24, 2.45) is 0 Å². The van der Waals surface area contributed by atoms with E-state index in [4.69, 9.17) is 5.11 Å². The number of nitrogens with one attached hydrogen (secondary N) is 1. The van der Waals surface area contributed by atoms with Crippen LogP contribution in [0.5, 0.6) is 11.5 Å². The molecule has 0 unspecified atom stereocenters. The molecule has 1 aromatic rings. The van der Waals surface area contributed by atoms with Crippen LogP contribution in [0.1, 0.15) is 42.5 Å². The normalized spacial score (nSPS) is 16.4. The summed E-state index contributed by atoms with van der Waals surface area (Å²) in [6.07, 6.45) is 5.54. The molecule has 1 saturated carbocycles. The van der Waals surface area contributed by atoms with E-state index in [1.807, 2.05) is 0 Å². The lowest BCUT2D eigenvalue weighted by Gasteiger charge is -2.24. The molecule has 2 rings (SSSR count). The van der Waals surface area contributed by atoms with Crippen LogP contribution >= 0.6 is 0 Å². The summed E-state index contributed by atoms with van der Waals surface area (Å²) >= 11 is 0. The predicted octanol–water partition coefficient (Wildman–Crippen LogP) is 2.54. The summed E-state index contributed by atoms with van der Waals surface area (Å²) in [5, 5.41) is 31.4. The van der Waals surface area contributed by atoms with E-state index in [-0.39, 0.29) is 6.04 Å². The summed E-state index contributed by atoms with van der Waals surface area (Å²) in [5.41, 5.74) is -0.0760. The van der Waals surface area contributed by atoms with Gasteiger partial charge in [0.2, 0.25) is 0 Å². The van der Waals surface area contributed by atoms with Gasteiger partial charge in [0.1, 0.15) is 11.3 Å². The Labute approximate surface area is 105 Å². The number of aromatic carboxylic acids is 1. The average molecular weight is 251 g/mol. The molecule has 0 heterocycles. The highest BCUT2D eigenvalue weighted by molar-refractivity contribution is 5.96. The van der Waals surface area contributed by atoms with E-state index < -0.39 is 23.0 Å². The summed E-state index contributed by atoms with van der Waals surface area (Å²) < 4.78 is 0. The van der Waals surface area contributed by atoms with Crippen molar-refractivity contribution in [2.75, 3.05) is 5.32 Å². The fourth-order valence-corrected chi connectivity index (χ4v) is 2.37. The highest BCUT2D eigenvalue weighted by Gasteiger charge is 2.21. The van der Waals surface area contributed by atoms with Gasteiger partial charge in [-0.3, -0.25) is 0 Å². The van der Waals surface area contributed by atoms with Gasteiger partial charge in [0.25, 0.3) is 0 Å². The maximum absolute atomic E-state index is 10.9. The Balaban J connectivity index is 2.22. The van der Waals surface area contributed by atoms with Gasteiger partial charge in [-0.1, -0.05) is 19.3 Å². The van der Waals surface area contributed by atoms with Crippen LogP contribution in [0, 0.1) is 0 Å². The van der Waals surface area contributed by atoms with E-state index in [1.165, 1.54) is 18.6 Å². The van der Waals surface area contributed by atoms with Gasteiger partial charge in [0.05, 0.1) is 5.69 Å². The minimum Gasteiger partial charge on any atom is -0.507 e. The van der Waals surface area contributed by atoms with Crippen molar-refractivity contribution in [1.29, 1.82) is 0 Å². The van der Waals surface area contributed by atoms with Crippen molar-refractivity contribution in [1.82, 2.24) is 0 Å². The zero-order valence-electron chi connectivity index (χ0n) is 10.0. The second-order valence-corrected chi connectivity index (χ2v) is 4.64. The molecule has 0 amide bonds. The van der Waals surface area contributed by atoms with Crippen molar-refractivity contribution >= 4 is 11.7 Å². The van der Waals surface area contributed by atoms with Gasteiger partial charge in [-0.25, -0.2) is 4.79 Å². The molecule has 1 fully saturated rings. The minimum atomic E-state index is -1.34. The van der Waals surface area contributed by atoms with Crippen LogP contribution in [-0.4, -0.2) is 27.3 Å². The summed E-state index contributed by atoms with van der Waals surface area (Å²) in [7, 11) is 0. The van der Waals surface area contributed by atoms with Crippen LogP contribution in [-0.2, 0) is 0 Å². The molecule has 0 spiro atoms. The van der Waals surface area contributed by atoms with Crippen molar-refractivity contribution in [3.05, 3.63) is 17.7 Å². The van der Waals surface area contributed by atoms with Gasteiger partial charge < -0.3 is 20.6 Å². The summed E-state index contributed by atoms with van der Waals surface area (Å²) in [6, 6.07) is 3.05. The Morgan fingerprint density at radius 3 is 2.44 bits per heavy atom. The summed E-state index contributed by atoms with van der Waals surface area (Å²) in [4.78, 5) is 10.9. The number of anilines is 1. The quantitative estimate of drug-likeness (QED) is 0.489. The Bertz CT molecular complexity index is 453. The molecule has 0 radical (unpaired) electrons. The highest BCUT2D eigenvalue weighted by atomic mass is 16.4. The number of rotatable bonds is 3. The van der Waals surface area contributed by atoms with Crippen LogP contribution in [0.2, 0.25) is 0 Å². The van der Waals surface area contributed by atoms with E-state index in [1.54, 1.807) is 0 Å². The van der Waals surface area contributed by atoms with Gasteiger partial charge in [0, 0.05) is 6.04 Å². The number of phenols is 2. The number of benzene rings is 1. The maximum atomic E-state index is 10.9. The number of hydrogen-bond acceptors (Lipinski definition) is 4.